The van der Waals surface area contributed by atoms with Gasteiger partial charge in [0, 0.05) is 17.0 Å². The number of ether oxygens (including phenoxy) is 1. The predicted octanol–water partition coefficient (Wildman–Crippen LogP) is 5.03. The normalized spacial score (nSPS) is 10.3. The van der Waals surface area contributed by atoms with E-state index < -0.39 is 6.09 Å². The first kappa shape index (κ1) is 20.8. The SMILES string of the molecule is CCCCCCOC(=O)NCc1ccc(C(=O)Nc2ccccc2S)cc1. The highest BCUT2D eigenvalue weighted by Crippen LogP contribution is 2.19. The van der Waals surface area contributed by atoms with Crippen LogP contribution in [0.15, 0.2) is 53.4 Å². The average Bonchev–Trinajstić information content (AvgIpc) is 2.68. The molecule has 27 heavy (non-hydrogen) atoms. The van der Waals surface area contributed by atoms with Crippen LogP contribution in [0.1, 0.15) is 48.5 Å². The lowest BCUT2D eigenvalue weighted by atomic mass is 10.1. The van der Waals surface area contributed by atoms with Gasteiger partial charge in [-0.1, -0.05) is 50.5 Å². The third kappa shape index (κ3) is 7.35. The van der Waals surface area contributed by atoms with Gasteiger partial charge in [0.2, 0.25) is 0 Å². The van der Waals surface area contributed by atoms with E-state index in [1.165, 1.54) is 0 Å². The zero-order chi connectivity index (χ0) is 19.5. The van der Waals surface area contributed by atoms with Crippen LogP contribution in [0, 0.1) is 0 Å². The van der Waals surface area contributed by atoms with Crippen LogP contribution in [-0.2, 0) is 11.3 Å². The van der Waals surface area contributed by atoms with E-state index in [2.05, 4.69) is 30.2 Å². The van der Waals surface area contributed by atoms with Crippen molar-refractivity contribution in [3.05, 3.63) is 59.7 Å². The highest BCUT2D eigenvalue weighted by molar-refractivity contribution is 7.80. The van der Waals surface area contributed by atoms with Crippen molar-refractivity contribution < 1.29 is 14.3 Å². The molecule has 0 aliphatic carbocycles. The van der Waals surface area contributed by atoms with Crippen LogP contribution in [0.5, 0.6) is 0 Å². The monoisotopic (exact) mass is 386 g/mol. The van der Waals surface area contributed by atoms with Crippen molar-refractivity contribution in [2.24, 2.45) is 0 Å². The Morgan fingerprint density at radius 3 is 2.44 bits per heavy atom. The zero-order valence-corrected chi connectivity index (χ0v) is 16.4. The van der Waals surface area contributed by atoms with Crippen LogP contribution < -0.4 is 10.6 Å². The number of anilines is 1. The molecule has 0 unspecified atom stereocenters. The van der Waals surface area contributed by atoms with E-state index in [1.54, 1.807) is 18.2 Å². The van der Waals surface area contributed by atoms with Crippen LogP contribution in [0.4, 0.5) is 10.5 Å². The maximum absolute atomic E-state index is 12.3. The molecule has 0 saturated carbocycles. The predicted molar refractivity (Wildman–Crippen MR) is 110 cm³/mol. The molecule has 0 fully saturated rings. The maximum Gasteiger partial charge on any atom is 0.407 e. The molecule has 0 saturated heterocycles. The van der Waals surface area contributed by atoms with Gasteiger partial charge >= 0.3 is 6.09 Å². The van der Waals surface area contributed by atoms with Crippen molar-refractivity contribution in [2.75, 3.05) is 11.9 Å². The van der Waals surface area contributed by atoms with Gasteiger partial charge in [0.1, 0.15) is 0 Å². The van der Waals surface area contributed by atoms with Crippen LogP contribution in [-0.4, -0.2) is 18.6 Å². The van der Waals surface area contributed by atoms with Gasteiger partial charge in [0.25, 0.3) is 5.91 Å². The number of alkyl carbamates (subject to hydrolysis) is 1. The Labute approximate surface area is 165 Å². The number of hydrogen-bond donors (Lipinski definition) is 3. The van der Waals surface area contributed by atoms with E-state index in [0.29, 0.717) is 29.3 Å². The van der Waals surface area contributed by atoms with Crippen molar-refractivity contribution in [1.29, 1.82) is 0 Å². The largest absolute Gasteiger partial charge is 0.450 e. The van der Waals surface area contributed by atoms with Gasteiger partial charge < -0.3 is 15.4 Å². The number of unbranched alkanes of at least 4 members (excludes halogenated alkanes) is 3. The Morgan fingerprint density at radius 1 is 1.00 bits per heavy atom. The van der Waals surface area contributed by atoms with Crippen molar-refractivity contribution in [3.63, 3.8) is 0 Å². The second-order valence-corrected chi connectivity index (χ2v) is 6.70. The molecule has 0 bridgehead atoms. The summed E-state index contributed by atoms with van der Waals surface area (Å²) in [5.74, 6) is -0.206. The first-order valence-corrected chi connectivity index (χ1v) is 9.63. The van der Waals surface area contributed by atoms with Crippen molar-refractivity contribution in [2.45, 2.75) is 44.0 Å². The molecule has 144 valence electrons. The van der Waals surface area contributed by atoms with E-state index in [-0.39, 0.29) is 5.91 Å². The molecule has 0 heterocycles. The Bertz CT molecular complexity index is 747. The van der Waals surface area contributed by atoms with Gasteiger partial charge in [0.05, 0.1) is 12.3 Å². The summed E-state index contributed by atoms with van der Waals surface area (Å²) >= 11 is 4.32. The Hall–Kier alpha value is -2.47. The topological polar surface area (TPSA) is 67.4 Å². The number of benzene rings is 2. The number of hydrogen-bond acceptors (Lipinski definition) is 4. The molecule has 2 aromatic rings. The second kappa shape index (κ2) is 11.3. The molecule has 0 aliphatic rings. The van der Waals surface area contributed by atoms with Crippen molar-refractivity contribution in [1.82, 2.24) is 5.32 Å². The zero-order valence-electron chi connectivity index (χ0n) is 15.5. The smallest absolute Gasteiger partial charge is 0.407 e. The van der Waals surface area contributed by atoms with Gasteiger partial charge in [-0.15, -0.1) is 12.6 Å². The lowest BCUT2D eigenvalue weighted by Gasteiger charge is -2.09. The molecule has 2 N–H and O–H groups in total. The summed E-state index contributed by atoms with van der Waals surface area (Å²) in [4.78, 5) is 24.7. The molecule has 0 atom stereocenters. The van der Waals surface area contributed by atoms with Crippen LogP contribution in [0.3, 0.4) is 0 Å². The van der Waals surface area contributed by atoms with Crippen molar-refractivity contribution in [3.8, 4) is 0 Å². The number of nitrogens with one attached hydrogen (secondary N) is 2. The average molecular weight is 387 g/mol. The van der Waals surface area contributed by atoms with Gasteiger partial charge in [-0.25, -0.2) is 4.79 Å². The molecule has 0 radical (unpaired) electrons. The Morgan fingerprint density at radius 2 is 1.74 bits per heavy atom. The van der Waals surface area contributed by atoms with Gasteiger partial charge in [-0.05, 0) is 36.2 Å². The molecule has 0 spiro atoms. The first-order chi connectivity index (χ1) is 13.1. The van der Waals surface area contributed by atoms with E-state index in [1.807, 2.05) is 30.3 Å². The number of carbonyl (C=O) groups is 2. The quantitative estimate of drug-likeness (QED) is 0.418. The first-order valence-electron chi connectivity index (χ1n) is 9.19. The molecule has 0 aliphatic heterocycles. The Kier molecular flexibility index (Phi) is 8.71. The third-order valence-corrected chi connectivity index (χ3v) is 4.43. The number of rotatable bonds is 9. The fraction of sp³-hybridized carbons (Fsp3) is 0.333. The maximum atomic E-state index is 12.3. The highest BCUT2D eigenvalue weighted by atomic mass is 32.1. The Balaban J connectivity index is 1.77. The van der Waals surface area contributed by atoms with Crippen LogP contribution >= 0.6 is 12.6 Å². The van der Waals surface area contributed by atoms with E-state index >= 15 is 0 Å². The molecule has 2 aromatic carbocycles. The van der Waals surface area contributed by atoms with Crippen LogP contribution in [0.25, 0.3) is 0 Å². The molecular formula is C21H26N2O3S. The summed E-state index contributed by atoms with van der Waals surface area (Å²) < 4.78 is 5.13. The minimum Gasteiger partial charge on any atom is -0.450 e. The van der Waals surface area contributed by atoms with E-state index in [4.69, 9.17) is 4.74 Å². The standard InChI is InChI=1S/C21H26N2O3S/c1-2-3-4-7-14-26-21(25)22-15-16-10-12-17(13-11-16)20(24)23-18-8-5-6-9-19(18)27/h5-6,8-13,27H,2-4,7,14-15H2,1H3,(H,22,25)(H,23,24). The molecule has 2 rings (SSSR count). The van der Waals surface area contributed by atoms with E-state index in [0.717, 1.165) is 31.2 Å². The van der Waals surface area contributed by atoms with Gasteiger partial charge in [0.15, 0.2) is 0 Å². The van der Waals surface area contributed by atoms with Gasteiger partial charge in [-0.3, -0.25) is 4.79 Å². The number of carbonyl (C=O) groups excluding carboxylic acids is 2. The lowest BCUT2D eigenvalue weighted by Crippen LogP contribution is -2.24. The third-order valence-electron chi connectivity index (χ3n) is 4.04. The van der Waals surface area contributed by atoms with Crippen LogP contribution in [0.2, 0.25) is 0 Å². The van der Waals surface area contributed by atoms with Gasteiger partial charge in [-0.2, -0.15) is 0 Å². The van der Waals surface area contributed by atoms with Crippen molar-refractivity contribution >= 4 is 30.3 Å². The minimum atomic E-state index is -0.418. The molecule has 2 amide bonds. The van der Waals surface area contributed by atoms with E-state index in [9.17, 15) is 9.59 Å². The molecule has 5 nitrogen and oxygen atoms in total. The summed E-state index contributed by atoms with van der Waals surface area (Å²) in [5.41, 5.74) is 2.09. The minimum absolute atomic E-state index is 0.206. The summed E-state index contributed by atoms with van der Waals surface area (Å²) in [7, 11) is 0. The fourth-order valence-corrected chi connectivity index (χ4v) is 2.68. The molecular weight excluding hydrogens is 360 g/mol. The molecule has 0 aromatic heterocycles. The fourth-order valence-electron chi connectivity index (χ4n) is 2.47. The summed E-state index contributed by atoms with van der Waals surface area (Å²) in [6, 6.07) is 14.4. The number of para-hydroxylation sites is 1. The highest BCUT2D eigenvalue weighted by Gasteiger charge is 2.08. The summed E-state index contributed by atoms with van der Waals surface area (Å²) in [6.07, 6.45) is 3.86. The second-order valence-electron chi connectivity index (χ2n) is 6.22. The summed E-state index contributed by atoms with van der Waals surface area (Å²) in [6.45, 7) is 2.94. The number of thiol groups is 1. The summed E-state index contributed by atoms with van der Waals surface area (Å²) in [5, 5.41) is 5.54. The molecule has 6 heteroatoms. The number of amides is 2. The lowest BCUT2D eigenvalue weighted by molar-refractivity contribution is 0.102.